The molecule has 1 aliphatic carbocycles. The Kier molecular flexibility index (Phi) is 4.87. The number of Topliss-reactive ketones (excluding diaryl/α,β-unsaturated/α-hetero) is 1. The van der Waals surface area contributed by atoms with Crippen molar-refractivity contribution in [2.24, 2.45) is 0 Å². The number of pyridine rings is 1. The summed E-state index contributed by atoms with van der Waals surface area (Å²) in [6.45, 7) is 2.62. The topological polar surface area (TPSA) is 33.2 Å². The van der Waals surface area contributed by atoms with Gasteiger partial charge in [-0.2, -0.15) is 0 Å². The van der Waals surface area contributed by atoms with Gasteiger partial charge in [0.05, 0.1) is 0 Å². The number of fused-ring (bicyclic) bond motifs is 1. The lowest BCUT2D eigenvalue weighted by Gasteiger charge is -2.33. The van der Waals surface area contributed by atoms with E-state index in [2.05, 4.69) is 53.3 Å². The third-order valence-electron chi connectivity index (χ3n) is 4.79. The summed E-state index contributed by atoms with van der Waals surface area (Å²) in [6.07, 6.45) is 6.11. The van der Waals surface area contributed by atoms with E-state index in [1.165, 1.54) is 17.5 Å². The van der Waals surface area contributed by atoms with Crippen molar-refractivity contribution in [1.82, 2.24) is 9.88 Å². The monoisotopic (exact) mass is 308 g/mol. The average molecular weight is 308 g/mol. The summed E-state index contributed by atoms with van der Waals surface area (Å²) in [6, 6.07) is 13.0. The number of aromatic nitrogens is 1. The molecule has 120 valence electrons. The minimum Gasteiger partial charge on any atom is -0.299 e. The summed E-state index contributed by atoms with van der Waals surface area (Å²) in [7, 11) is 2.18. The normalized spacial score (nSPS) is 17.1. The van der Waals surface area contributed by atoms with Gasteiger partial charge in [-0.25, -0.2) is 0 Å². The zero-order valence-electron chi connectivity index (χ0n) is 14.0. The Morgan fingerprint density at radius 1 is 1.30 bits per heavy atom. The van der Waals surface area contributed by atoms with Gasteiger partial charge in [-0.3, -0.25) is 14.7 Å². The van der Waals surface area contributed by atoms with E-state index >= 15 is 0 Å². The van der Waals surface area contributed by atoms with Crippen molar-refractivity contribution in [2.45, 2.75) is 38.6 Å². The number of carbonyl (C=O) groups excluding carboxylic acids is 1. The van der Waals surface area contributed by atoms with Crippen LogP contribution in [0.2, 0.25) is 0 Å². The number of ketones is 1. The van der Waals surface area contributed by atoms with Crippen LogP contribution in [0.4, 0.5) is 0 Å². The third-order valence-corrected chi connectivity index (χ3v) is 4.79. The summed E-state index contributed by atoms with van der Waals surface area (Å²) in [4.78, 5) is 18.6. The van der Waals surface area contributed by atoms with Crippen LogP contribution < -0.4 is 0 Å². The van der Waals surface area contributed by atoms with Crippen LogP contribution in [-0.4, -0.2) is 29.3 Å². The van der Waals surface area contributed by atoms with Crippen molar-refractivity contribution < 1.29 is 4.79 Å². The molecule has 23 heavy (non-hydrogen) atoms. The van der Waals surface area contributed by atoms with Crippen molar-refractivity contribution in [2.75, 3.05) is 13.6 Å². The minimum atomic E-state index is 0.0940. The first-order valence-electron chi connectivity index (χ1n) is 8.39. The zero-order valence-corrected chi connectivity index (χ0v) is 14.0. The number of carbonyl (C=O) groups is 1. The molecule has 1 aromatic heterocycles. The largest absolute Gasteiger partial charge is 0.299 e. The molecule has 2 aromatic rings. The molecule has 0 saturated carbocycles. The third kappa shape index (κ3) is 3.67. The first-order valence-corrected chi connectivity index (χ1v) is 8.39. The van der Waals surface area contributed by atoms with E-state index < -0.39 is 0 Å². The molecule has 3 rings (SSSR count). The molecule has 1 atom stereocenters. The minimum absolute atomic E-state index is 0.0940. The summed E-state index contributed by atoms with van der Waals surface area (Å²) in [5.41, 5.74) is 4.51. The molecule has 3 heteroatoms. The van der Waals surface area contributed by atoms with Crippen molar-refractivity contribution in [3.63, 3.8) is 0 Å². The molecule has 1 heterocycles. The molecular weight excluding hydrogens is 284 g/mol. The molecule has 1 aliphatic rings. The quantitative estimate of drug-likeness (QED) is 0.787. The Hall–Kier alpha value is -2.00. The Morgan fingerprint density at radius 3 is 2.83 bits per heavy atom. The number of hydrogen-bond donors (Lipinski definition) is 0. The van der Waals surface area contributed by atoms with Crippen LogP contribution in [0.25, 0.3) is 0 Å². The summed E-state index contributed by atoms with van der Waals surface area (Å²) in [5, 5.41) is 0. The van der Waals surface area contributed by atoms with Crippen LogP contribution >= 0.6 is 0 Å². The number of rotatable bonds is 5. The number of hydrogen-bond acceptors (Lipinski definition) is 3. The van der Waals surface area contributed by atoms with E-state index in [-0.39, 0.29) is 5.78 Å². The Balaban J connectivity index is 1.76. The highest BCUT2D eigenvalue weighted by Crippen LogP contribution is 2.33. The van der Waals surface area contributed by atoms with E-state index in [0.717, 1.165) is 37.1 Å². The van der Waals surface area contributed by atoms with Gasteiger partial charge < -0.3 is 0 Å². The van der Waals surface area contributed by atoms with Crippen molar-refractivity contribution in [3.05, 3.63) is 65.0 Å². The van der Waals surface area contributed by atoms with Crippen LogP contribution in [0.3, 0.4) is 0 Å². The van der Waals surface area contributed by atoms with Crippen LogP contribution in [-0.2, 0) is 12.8 Å². The number of aryl methyl sites for hydroxylation is 1. The highest BCUT2D eigenvalue weighted by Gasteiger charge is 2.25. The maximum absolute atomic E-state index is 11.7. The van der Waals surface area contributed by atoms with E-state index in [1.807, 2.05) is 0 Å². The van der Waals surface area contributed by atoms with Crippen molar-refractivity contribution in [3.8, 4) is 0 Å². The van der Waals surface area contributed by atoms with Gasteiger partial charge in [0.1, 0.15) is 0 Å². The van der Waals surface area contributed by atoms with E-state index in [1.54, 1.807) is 13.1 Å². The Labute approximate surface area is 138 Å². The highest BCUT2D eigenvalue weighted by molar-refractivity contribution is 5.93. The molecule has 0 saturated heterocycles. The first-order chi connectivity index (χ1) is 11.1. The molecule has 0 fully saturated rings. The second-order valence-corrected chi connectivity index (χ2v) is 6.44. The Bertz CT molecular complexity index is 681. The number of benzene rings is 1. The molecule has 0 spiro atoms. The van der Waals surface area contributed by atoms with Gasteiger partial charge >= 0.3 is 0 Å². The molecule has 1 aromatic carbocycles. The fraction of sp³-hybridized carbons (Fsp3) is 0.400. The fourth-order valence-corrected chi connectivity index (χ4v) is 3.38. The van der Waals surface area contributed by atoms with E-state index in [9.17, 15) is 4.79 Å². The molecule has 0 bridgehead atoms. The predicted octanol–water partition coefficient (Wildman–Crippen LogP) is 3.84. The fourth-order valence-electron chi connectivity index (χ4n) is 3.38. The number of nitrogens with zero attached hydrogens (tertiary/aromatic N) is 2. The van der Waals surface area contributed by atoms with Gasteiger partial charge in [0.25, 0.3) is 0 Å². The number of likely N-dealkylation sites (N-methyl/N-ethyl adjacent to an activating group) is 1. The van der Waals surface area contributed by atoms with Crippen LogP contribution in [0, 0.1) is 0 Å². The van der Waals surface area contributed by atoms with E-state index in [0.29, 0.717) is 6.04 Å². The molecule has 3 nitrogen and oxygen atoms in total. The maximum Gasteiger partial charge on any atom is 0.161 e. The van der Waals surface area contributed by atoms with Crippen LogP contribution in [0.1, 0.15) is 53.0 Å². The van der Waals surface area contributed by atoms with Crippen LogP contribution in [0.15, 0.2) is 42.6 Å². The van der Waals surface area contributed by atoms with Gasteiger partial charge in [-0.05, 0) is 56.8 Å². The average Bonchev–Trinajstić information content (AvgIpc) is 2.59. The molecule has 0 aliphatic heterocycles. The van der Waals surface area contributed by atoms with Crippen molar-refractivity contribution >= 4 is 5.78 Å². The maximum atomic E-state index is 11.7. The van der Waals surface area contributed by atoms with E-state index in [4.69, 9.17) is 0 Å². The summed E-state index contributed by atoms with van der Waals surface area (Å²) < 4.78 is 0. The van der Waals surface area contributed by atoms with Gasteiger partial charge in [0, 0.05) is 30.0 Å². The van der Waals surface area contributed by atoms with Crippen molar-refractivity contribution in [1.29, 1.82) is 0 Å². The second-order valence-electron chi connectivity index (χ2n) is 6.44. The lowest BCUT2D eigenvalue weighted by atomic mass is 9.89. The molecule has 0 N–H and O–H groups in total. The summed E-state index contributed by atoms with van der Waals surface area (Å²) >= 11 is 0. The lowest BCUT2D eigenvalue weighted by molar-refractivity contribution is 0.101. The molecule has 0 amide bonds. The molecule has 0 radical (unpaired) electrons. The molecular formula is C20H24N2O. The van der Waals surface area contributed by atoms with Crippen LogP contribution in [0.5, 0.6) is 0 Å². The highest BCUT2D eigenvalue weighted by atomic mass is 16.1. The zero-order chi connectivity index (χ0) is 16.2. The predicted molar refractivity (Wildman–Crippen MR) is 92.7 cm³/mol. The lowest BCUT2D eigenvalue weighted by Crippen LogP contribution is -2.30. The first kappa shape index (κ1) is 15.9. The van der Waals surface area contributed by atoms with Gasteiger partial charge in [-0.15, -0.1) is 0 Å². The second kappa shape index (κ2) is 7.05. The van der Waals surface area contributed by atoms with Gasteiger partial charge in [-0.1, -0.05) is 30.3 Å². The summed E-state index contributed by atoms with van der Waals surface area (Å²) in [5.74, 6) is 0.0940. The Morgan fingerprint density at radius 2 is 2.09 bits per heavy atom. The smallest absolute Gasteiger partial charge is 0.161 e. The van der Waals surface area contributed by atoms with Gasteiger partial charge in [0.2, 0.25) is 0 Å². The standard InChI is InChI=1S/C20H24N2O/c1-15(23)17-13-18-19(21-14-17)9-6-10-20(18)22(2)12-11-16-7-4-3-5-8-16/h3-5,7-8,13-14,20H,6,9-12H2,1-2H3. The molecule has 1 unspecified atom stereocenters. The SMILES string of the molecule is CC(=O)c1cnc2c(c1)C(N(C)CCc1ccccc1)CCC2. The van der Waals surface area contributed by atoms with Gasteiger partial charge in [0.15, 0.2) is 5.78 Å².